The van der Waals surface area contributed by atoms with Crippen LogP contribution < -0.4 is 11.3 Å². The molecule has 2 nitrogen and oxygen atoms in total. The predicted molar refractivity (Wildman–Crippen MR) is 66.8 cm³/mol. The highest BCUT2D eigenvalue weighted by Gasteiger charge is 2.13. The number of aryl methyl sites for hydroxylation is 1. The molecule has 0 saturated carbocycles. The fraction of sp³-hybridized carbons (Fsp3) is 0.143. The molecule has 0 saturated heterocycles. The van der Waals surface area contributed by atoms with E-state index in [2.05, 4.69) is 36.6 Å². The normalized spacial score (nSPS) is 12.4. The first-order valence-electron chi connectivity index (χ1n) is 5.39. The summed E-state index contributed by atoms with van der Waals surface area (Å²) in [6.07, 6.45) is 0. The summed E-state index contributed by atoms with van der Waals surface area (Å²) in [5, 5.41) is 0. The molecule has 82 valence electrons. The SMILES string of the molecule is Cc1ccccc1[C@@H](NN)c1ccccc1. The van der Waals surface area contributed by atoms with E-state index in [0.717, 1.165) is 0 Å². The molecule has 2 heteroatoms. The Hall–Kier alpha value is -1.64. The standard InChI is InChI=1S/C14H16N2/c1-11-7-5-6-10-13(11)14(16-15)12-8-3-2-4-9-12/h2-10,14,16H,15H2,1H3/t14-/m0/s1. The van der Waals surface area contributed by atoms with E-state index in [-0.39, 0.29) is 6.04 Å². The van der Waals surface area contributed by atoms with Crippen molar-refractivity contribution < 1.29 is 0 Å². The van der Waals surface area contributed by atoms with Crippen molar-refractivity contribution in [2.24, 2.45) is 5.84 Å². The molecular formula is C14H16N2. The number of rotatable bonds is 3. The van der Waals surface area contributed by atoms with Gasteiger partial charge in [-0.05, 0) is 23.6 Å². The van der Waals surface area contributed by atoms with Gasteiger partial charge in [0.1, 0.15) is 0 Å². The van der Waals surface area contributed by atoms with Crippen LogP contribution >= 0.6 is 0 Å². The van der Waals surface area contributed by atoms with Crippen LogP contribution in [0.2, 0.25) is 0 Å². The highest BCUT2D eigenvalue weighted by Crippen LogP contribution is 2.23. The molecule has 2 aromatic carbocycles. The van der Waals surface area contributed by atoms with Crippen LogP contribution in [0.3, 0.4) is 0 Å². The number of nitrogens with two attached hydrogens (primary N) is 1. The van der Waals surface area contributed by atoms with Gasteiger partial charge < -0.3 is 0 Å². The first kappa shape index (κ1) is 10.9. The van der Waals surface area contributed by atoms with Crippen LogP contribution in [0, 0.1) is 6.92 Å². The molecule has 0 unspecified atom stereocenters. The van der Waals surface area contributed by atoms with Gasteiger partial charge >= 0.3 is 0 Å². The van der Waals surface area contributed by atoms with Crippen LogP contribution in [0.5, 0.6) is 0 Å². The van der Waals surface area contributed by atoms with Gasteiger partial charge in [0, 0.05) is 0 Å². The highest BCUT2D eigenvalue weighted by atomic mass is 15.2. The Morgan fingerprint density at radius 1 is 0.938 bits per heavy atom. The summed E-state index contributed by atoms with van der Waals surface area (Å²) in [4.78, 5) is 0. The molecule has 0 bridgehead atoms. The Morgan fingerprint density at radius 3 is 2.19 bits per heavy atom. The van der Waals surface area contributed by atoms with E-state index in [9.17, 15) is 0 Å². The maximum absolute atomic E-state index is 5.66. The van der Waals surface area contributed by atoms with Crippen molar-refractivity contribution in [2.45, 2.75) is 13.0 Å². The maximum atomic E-state index is 5.66. The number of hydrogen-bond acceptors (Lipinski definition) is 2. The predicted octanol–water partition coefficient (Wildman–Crippen LogP) is 2.55. The Balaban J connectivity index is 2.41. The molecule has 0 amide bonds. The minimum Gasteiger partial charge on any atom is -0.271 e. The molecule has 0 fully saturated rings. The lowest BCUT2D eigenvalue weighted by Crippen LogP contribution is -2.29. The molecule has 0 aliphatic carbocycles. The van der Waals surface area contributed by atoms with E-state index < -0.39 is 0 Å². The van der Waals surface area contributed by atoms with Gasteiger partial charge in [-0.2, -0.15) is 0 Å². The van der Waals surface area contributed by atoms with Gasteiger partial charge in [0.25, 0.3) is 0 Å². The molecule has 3 N–H and O–H groups in total. The molecule has 0 spiro atoms. The second kappa shape index (κ2) is 4.92. The molecule has 0 radical (unpaired) electrons. The minimum absolute atomic E-state index is 0.0578. The van der Waals surface area contributed by atoms with E-state index in [0.29, 0.717) is 0 Å². The third kappa shape index (κ3) is 2.13. The third-order valence-electron chi connectivity index (χ3n) is 2.80. The van der Waals surface area contributed by atoms with Gasteiger partial charge in [0.2, 0.25) is 0 Å². The van der Waals surface area contributed by atoms with E-state index >= 15 is 0 Å². The maximum Gasteiger partial charge on any atom is 0.0712 e. The molecule has 2 aromatic rings. The van der Waals surface area contributed by atoms with Crippen LogP contribution in [0.1, 0.15) is 22.7 Å². The number of benzene rings is 2. The second-order valence-corrected chi connectivity index (χ2v) is 3.87. The molecule has 2 rings (SSSR count). The van der Waals surface area contributed by atoms with Crippen LogP contribution in [-0.2, 0) is 0 Å². The number of hydrogen-bond donors (Lipinski definition) is 2. The Bertz CT molecular complexity index is 451. The summed E-state index contributed by atoms with van der Waals surface area (Å²) in [5.41, 5.74) is 6.52. The smallest absolute Gasteiger partial charge is 0.0712 e. The minimum atomic E-state index is 0.0578. The topological polar surface area (TPSA) is 38.0 Å². The van der Waals surface area contributed by atoms with Gasteiger partial charge in [-0.1, -0.05) is 54.6 Å². The fourth-order valence-corrected chi connectivity index (χ4v) is 1.92. The fourth-order valence-electron chi connectivity index (χ4n) is 1.92. The lowest BCUT2D eigenvalue weighted by atomic mass is 9.96. The van der Waals surface area contributed by atoms with Crippen molar-refractivity contribution in [1.82, 2.24) is 5.43 Å². The summed E-state index contributed by atoms with van der Waals surface area (Å²) in [6, 6.07) is 18.6. The quantitative estimate of drug-likeness (QED) is 0.606. The monoisotopic (exact) mass is 212 g/mol. The molecular weight excluding hydrogens is 196 g/mol. The molecule has 0 aromatic heterocycles. The molecule has 0 aliphatic rings. The second-order valence-electron chi connectivity index (χ2n) is 3.87. The van der Waals surface area contributed by atoms with Crippen LogP contribution in [-0.4, -0.2) is 0 Å². The third-order valence-corrected chi connectivity index (χ3v) is 2.80. The van der Waals surface area contributed by atoms with Crippen molar-refractivity contribution in [3.05, 3.63) is 71.3 Å². The highest BCUT2D eigenvalue weighted by molar-refractivity contribution is 5.36. The molecule has 16 heavy (non-hydrogen) atoms. The van der Waals surface area contributed by atoms with Crippen molar-refractivity contribution >= 4 is 0 Å². The molecule has 0 aliphatic heterocycles. The van der Waals surface area contributed by atoms with Gasteiger partial charge in [-0.3, -0.25) is 5.84 Å². The zero-order chi connectivity index (χ0) is 11.4. The van der Waals surface area contributed by atoms with Crippen molar-refractivity contribution in [2.75, 3.05) is 0 Å². The average molecular weight is 212 g/mol. The van der Waals surface area contributed by atoms with Crippen LogP contribution in [0.25, 0.3) is 0 Å². The summed E-state index contributed by atoms with van der Waals surface area (Å²) in [6.45, 7) is 2.10. The first-order chi connectivity index (χ1) is 7.83. The Labute approximate surface area is 96.1 Å². The van der Waals surface area contributed by atoms with Crippen molar-refractivity contribution in [3.63, 3.8) is 0 Å². The lowest BCUT2D eigenvalue weighted by Gasteiger charge is -2.18. The van der Waals surface area contributed by atoms with E-state index in [4.69, 9.17) is 5.84 Å². The zero-order valence-electron chi connectivity index (χ0n) is 9.35. The van der Waals surface area contributed by atoms with Gasteiger partial charge in [-0.15, -0.1) is 0 Å². The van der Waals surface area contributed by atoms with E-state index in [1.165, 1.54) is 16.7 Å². The zero-order valence-corrected chi connectivity index (χ0v) is 9.35. The summed E-state index contributed by atoms with van der Waals surface area (Å²) < 4.78 is 0. The van der Waals surface area contributed by atoms with Crippen LogP contribution in [0.4, 0.5) is 0 Å². The largest absolute Gasteiger partial charge is 0.271 e. The van der Waals surface area contributed by atoms with E-state index in [1.807, 2.05) is 30.3 Å². The summed E-state index contributed by atoms with van der Waals surface area (Å²) in [5.74, 6) is 5.66. The summed E-state index contributed by atoms with van der Waals surface area (Å²) >= 11 is 0. The van der Waals surface area contributed by atoms with Gasteiger partial charge in [0.15, 0.2) is 0 Å². The van der Waals surface area contributed by atoms with Crippen molar-refractivity contribution in [3.8, 4) is 0 Å². The summed E-state index contributed by atoms with van der Waals surface area (Å²) in [7, 11) is 0. The van der Waals surface area contributed by atoms with Crippen molar-refractivity contribution in [1.29, 1.82) is 0 Å². The molecule has 0 heterocycles. The van der Waals surface area contributed by atoms with Gasteiger partial charge in [0.05, 0.1) is 6.04 Å². The number of nitrogens with one attached hydrogen (secondary N) is 1. The van der Waals surface area contributed by atoms with Crippen LogP contribution in [0.15, 0.2) is 54.6 Å². The Kier molecular flexibility index (Phi) is 3.34. The average Bonchev–Trinajstić information content (AvgIpc) is 2.34. The molecule has 1 atom stereocenters. The number of hydrazine groups is 1. The Morgan fingerprint density at radius 2 is 1.56 bits per heavy atom. The van der Waals surface area contributed by atoms with E-state index in [1.54, 1.807) is 0 Å². The lowest BCUT2D eigenvalue weighted by molar-refractivity contribution is 0.634. The van der Waals surface area contributed by atoms with Gasteiger partial charge in [-0.25, -0.2) is 5.43 Å². The first-order valence-corrected chi connectivity index (χ1v) is 5.39.